The van der Waals surface area contributed by atoms with Gasteiger partial charge in [-0.05, 0) is 48.4 Å². The van der Waals surface area contributed by atoms with Gasteiger partial charge in [-0.1, -0.05) is 34.1 Å². The van der Waals surface area contributed by atoms with Crippen molar-refractivity contribution in [2.45, 2.75) is 12.8 Å². The average molecular weight is 396 g/mol. The van der Waals surface area contributed by atoms with Crippen molar-refractivity contribution >= 4 is 38.4 Å². The van der Waals surface area contributed by atoms with Crippen LogP contribution in [0.5, 0.6) is 0 Å². The highest BCUT2D eigenvalue weighted by atomic mass is 79.9. The Kier molecular flexibility index (Phi) is 4.51. The van der Waals surface area contributed by atoms with Crippen molar-refractivity contribution in [3.8, 4) is 0 Å². The van der Waals surface area contributed by atoms with Gasteiger partial charge in [-0.15, -0.1) is 0 Å². The number of benzene rings is 1. The van der Waals surface area contributed by atoms with E-state index in [4.69, 9.17) is 0 Å². The van der Waals surface area contributed by atoms with Crippen LogP contribution in [0.2, 0.25) is 0 Å². The van der Waals surface area contributed by atoms with Crippen LogP contribution in [0.1, 0.15) is 22.3 Å². The molecule has 0 bridgehead atoms. The van der Waals surface area contributed by atoms with Gasteiger partial charge >= 0.3 is 0 Å². The van der Waals surface area contributed by atoms with Crippen LogP contribution in [0.15, 0.2) is 59.3 Å². The summed E-state index contributed by atoms with van der Waals surface area (Å²) in [5.41, 5.74) is 5.10. The number of pyridine rings is 1. The lowest BCUT2D eigenvalue weighted by molar-refractivity contribution is 0.0919. The minimum absolute atomic E-state index is 0.0527. The molecule has 4 rings (SSSR count). The lowest BCUT2D eigenvalue weighted by Crippen LogP contribution is -2.20. The first-order chi connectivity index (χ1) is 12.2. The van der Waals surface area contributed by atoms with E-state index >= 15 is 0 Å². The molecule has 0 amide bonds. The third kappa shape index (κ3) is 3.30. The van der Waals surface area contributed by atoms with Crippen LogP contribution in [0.25, 0.3) is 16.6 Å². The summed E-state index contributed by atoms with van der Waals surface area (Å²) < 4.78 is 2.74. The van der Waals surface area contributed by atoms with Crippen molar-refractivity contribution < 1.29 is 4.79 Å². The molecule has 2 aromatic heterocycles. The number of hydrogen-bond donors (Lipinski definition) is 1. The maximum atomic E-state index is 12.9. The Morgan fingerprint density at radius 2 is 2.20 bits per heavy atom. The summed E-state index contributed by atoms with van der Waals surface area (Å²) in [4.78, 5) is 17.5. The van der Waals surface area contributed by atoms with Crippen LogP contribution >= 0.6 is 15.9 Å². The number of aromatic nitrogens is 2. The fourth-order valence-electron chi connectivity index (χ4n) is 3.27. The molecule has 126 valence electrons. The molecule has 1 aliphatic heterocycles. The molecule has 0 atom stereocenters. The van der Waals surface area contributed by atoms with Gasteiger partial charge in [-0.3, -0.25) is 14.3 Å². The van der Waals surface area contributed by atoms with Crippen LogP contribution < -0.4 is 5.32 Å². The summed E-state index contributed by atoms with van der Waals surface area (Å²) in [5.74, 6) is 0.0527. The van der Waals surface area contributed by atoms with Gasteiger partial charge in [0.15, 0.2) is 0 Å². The molecule has 0 saturated carbocycles. The van der Waals surface area contributed by atoms with Crippen LogP contribution in [-0.4, -0.2) is 28.5 Å². The monoisotopic (exact) mass is 395 g/mol. The summed E-state index contributed by atoms with van der Waals surface area (Å²) in [5, 5.41) is 3.33. The van der Waals surface area contributed by atoms with Crippen LogP contribution in [0.4, 0.5) is 0 Å². The van der Waals surface area contributed by atoms with Crippen molar-refractivity contribution in [1.29, 1.82) is 0 Å². The van der Waals surface area contributed by atoms with Crippen molar-refractivity contribution in [1.82, 2.24) is 14.9 Å². The number of rotatable bonds is 3. The van der Waals surface area contributed by atoms with E-state index in [1.807, 2.05) is 42.6 Å². The van der Waals surface area contributed by atoms with Gasteiger partial charge in [0.1, 0.15) is 0 Å². The molecule has 1 aliphatic rings. The summed E-state index contributed by atoms with van der Waals surface area (Å²) >= 11 is 3.46. The van der Waals surface area contributed by atoms with E-state index in [1.54, 1.807) is 10.8 Å². The summed E-state index contributed by atoms with van der Waals surface area (Å²) in [7, 11) is 0. The number of halogens is 1. The summed E-state index contributed by atoms with van der Waals surface area (Å²) in [6.45, 7) is 1.82. The first-order valence-electron chi connectivity index (χ1n) is 8.36. The van der Waals surface area contributed by atoms with Crippen molar-refractivity contribution in [3.63, 3.8) is 0 Å². The Hall–Kier alpha value is -2.24. The molecule has 25 heavy (non-hydrogen) atoms. The molecule has 0 radical (unpaired) electrons. The third-order valence-corrected chi connectivity index (χ3v) is 4.98. The van der Waals surface area contributed by atoms with E-state index in [9.17, 15) is 4.79 Å². The second-order valence-electron chi connectivity index (χ2n) is 6.17. The summed E-state index contributed by atoms with van der Waals surface area (Å²) in [6, 6.07) is 11.7. The topological polar surface area (TPSA) is 46.9 Å². The molecule has 5 heteroatoms. The fourth-order valence-corrected chi connectivity index (χ4v) is 3.72. The molecule has 0 unspecified atom stereocenters. The van der Waals surface area contributed by atoms with Gasteiger partial charge in [0.05, 0.1) is 17.5 Å². The molecule has 0 spiro atoms. The van der Waals surface area contributed by atoms with Gasteiger partial charge in [0, 0.05) is 29.0 Å². The SMILES string of the molecule is O=C(Cc1cccc(Br)c1)n1cc(C2=CCNCC2)c2ncccc21. The number of nitrogens with zero attached hydrogens (tertiary/aromatic N) is 2. The zero-order valence-electron chi connectivity index (χ0n) is 13.7. The number of nitrogens with one attached hydrogen (secondary N) is 1. The van der Waals surface area contributed by atoms with Crippen LogP contribution in [0.3, 0.4) is 0 Å². The van der Waals surface area contributed by atoms with Gasteiger partial charge < -0.3 is 5.32 Å². The summed E-state index contributed by atoms with van der Waals surface area (Å²) in [6.07, 6.45) is 7.25. The molecule has 4 nitrogen and oxygen atoms in total. The molecule has 3 heterocycles. The molecule has 1 N–H and O–H groups in total. The second kappa shape index (κ2) is 6.94. The number of carbonyl (C=O) groups excluding carboxylic acids is 1. The molecule has 0 saturated heterocycles. The van der Waals surface area contributed by atoms with Crippen molar-refractivity contribution in [2.24, 2.45) is 0 Å². The third-order valence-electron chi connectivity index (χ3n) is 4.48. The highest BCUT2D eigenvalue weighted by Gasteiger charge is 2.18. The molecular formula is C20H18BrN3O. The van der Waals surface area contributed by atoms with E-state index in [-0.39, 0.29) is 5.91 Å². The van der Waals surface area contributed by atoms with E-state index in [0.29, 0.717) is 6.42 Å². The molecule has 3 aromatic rings. The van der Waals surface area contributed by atoms with Gasteiger partial charge in [0.25, 0.3) is 0 Å². The van der Waals surface area contributed by atoms with Crippen LogP contribution in [0, 0.1) is 0 Å². The van der Waals surface area contributed by atoms with Gasteiger partial charge in [0.2, 0.25) is 5.91 Å². The minimum atomic E-state index is 0.0527. The number of carbonyl (C=O) groups is 1. The van der Waals surface area contributed by atoms with E-state index < -0.39 is 0 Å². The van der Waals surface area contributed by atoms with Gasteiger partial charge in [-0.25, -0.2) is 0 Å². The lowest BCUT2D eigenvalue weighted by Gasteiger charge is -2.12. The highest BCUT2D eigenvalue weighted by molar-refractivity contribution is 9.10. The second-order valence-corrected chi connectivity index (χ2v) is 7.08. The quantitative estimate of drug-likeness (QED) is 0.727. The standard InChI is InChI=1S/C20H18BrN3O/c21-16-4-1-3-14(11-16)12-19(25)24-13-17(15-6-9-22-10-7-15)20-18(24)5-2-8-23-20/h1-6,8,11,13,22H,7,9-10,12H2. The zero-order chi connectivity index (χ0) is 17.2. The van der Waals surface area contributed by atoms with E-state index in [0.717, 1.165) is 46.1 Å². The molecule has 1 aromatic carbocycles. The Bertz CT molecular complexity index is 974. The Morgan fingerprint density at radius 1 is 1.28 bits per heavy atom. The number of hydrogen-bond acceptors (Lipinski definition) is 3. The molecule has 0 aliphatic carbocycles. The number of fused-ring (bicyclic) bond motifs is 1. The Labute approximate surface area is 154 Å². The molecule has 0 fully saturated rings. The average Bonchev–Trinajstić information content (AvgIpc) is 3.02. The Balaban J connectivity index is 1.74. The molecular weight excluding hydrogens is 378 g/mol. The maximum absolute atomic E-state index is 12.9. The van der Waals surface area contributed by atoms with Crippen molar-refractivity contribution in [3.05, 3.63) is 70.5 Å². The van der Waals surface area contributed by atoms with Gasteiger partial charge in [-0.2, -0.15) is 0 Å². The normalized spacial score (nSPS) is 14.5. The lowest BCUT2D eigenvalue weighted by atomic mass is 10.0. The first-order valence-corrected chi connectivity index (χ1v) is 9.15. The predicted molar refractivity (Wildman–Crippen MR) is 104 cm³/mol. The fraction of sp³-hybridized carbons (Fsp3) is 0.200. The Morgan fingerprint density at radius 3 is 3.00 bits per heavy atom. The first kappa shape index (κ1) is 16.2. The highest BCUT2D eigenvalue weighted by Crippen LogP contribution is 2.28. The predicted octanol–water partition coefficient (Wildman–Crippen LogP) is 4.06. The van der Waals surface area contributed by atoms with E-state index in [2.05, 4.69) is 32.3 Å². The van der Waals surface area contributed by atoms with Crippen molar-refractivity contribution in [2.75, 3.05) is 13.1 Å². The zero-order valence-corrected chi connectivity index (χ0v) is 15.3. The van der Waals surface area contributed by atoms with E-state index in [1.165, 1.54) is 5.57 Å². The largest absolute Gasteiger partial charge is 0.313 e. The van der Waals surface area contributed by atoms with Crippen LogP contribution in [-0.2, 0) is 6.42 Å². The minimum Gasteiger partial charge on any atom is -0.313 e. The smallest absolute Gasteiger partial charge is 0.235 e. The maximum Gasteiger partial charge on any atom is 0.235 e.